The van der Waals surface area contributed by atoms with E-state index in [1.165, 1.54) is 5.56 Å². The zero-order valence-corrected chi connectivity index (χ0v) is 9.73. The van der Waals surface area contributed by atoms with E-state index in [4.69, 9.17) is 9.84 Å². The zero-order valence-electron chi connectivity index (χ0n) is 9.73. The van der Waals surface area contributed by atoms with E-state index in [0.717, 1.165) is 18.6 Å². The summed E-state index contributed by atoms with van der Waals surface area (Å²) < 4.78 is 5.55. The average Bonchev–Trinajstić information content (AvgIpc) is 2.16. The van der Waals surface area contributed by atoms with E-state index >= 15 is 0 Å². The van der Waals surface area contributed by atoms with Crippen LogP contribution in [0, 0.1) is 0 Å². The van der Waals surface area contributed by atoms with Crippen LogP contribution in [0.1, 0.15) is 32.8 Å². The van der Waals surface area contributed by atoms with Gasteiger partial charge >= 0.3 is 0 Å². The summed E-state index contributed by atoms with van der Waals surface area (Å²) in [6.45, 7) is 5.85. The summed E-state index contributed by atoms with van der Waals surface area (Å²) in [5, 5.41) is 9.16. The number of ether oxygens (including phenoxy) is 1. The number of rotatable bonds is 5. The summed E-state index contributed by atoms with van der Waals surface area (Å²) in [5.41, 5.74) is 1.24. The third-order valence-electron chi connectivity index (χ3n) is 2.15. The molecule has 1 rings (SSSR count). The van der Waals surface area contributed by atoms with Crippen molar-refractivity contribution in [2.24, 2.45) is 0 Å². The minimum absolute atomic E-state index is 0.216. The van der Waals surface area contributed by atoms with Crippen molar-refractivity contribution in [3.8, 4) is 5.75 Å². The molecule has 1 atom stereocenters. The second-order valence-electron chi connectivity index (χ2n) is 4.20. The lowest BCUT2D eigenvalue weighted by Gasteiger charge is -2.10. The fourth-order valence-electron chi connectivity index (χ4n) is 1.38. The van der Waals surface area contributed by atoms with Crippen molar-refractivity contribution in [2.45, 2.75) is 45.8 Å². The summed E-state index contributed by atoms with van der Waals surface area (Å²) >= 11 is 0. The predicted molar refractivity (Wildman–Crippen MR) is 62.2 cm³/mol. The lowest BCUT2D eigenvalue weighted by molar-refractivity contribution is 0.185. The molecule has 2 nitrogen and oxygen atoms in total. The van der Waals surface area contributed by atoms with E-state index in [9.17, 15) is 0 Å². The second-order valence-corrected chi connectivity index (χ2v) is 4.20. The maximum atomic E-state index is 9.16. The molecule has 1 N–H and O–H groups in total. The number of aryl methyl sites for hydroxylation is 1. The summed E-state index contributed by atoms with van der Waals surface area (Å²) in [7, 11) is 0. The molecule has 2 heteroatoms. The van der Waals surface area contributed by atoms with Gasteiger partial charge in [0.05, 0.1) is 12.2 Å². The number of aliphatic hydroxyl groups is 1. The first-order chi connectivity index (χ1) is 7.08. The standard InChI is InChI=1S/C13H20O2/c1-10(2)15-13-8-6-12(7-9-13)5-4-11(3)14/h6-11,14H,4-5H2,1-3H3/t11-/m1/s1. The van der Waals surface area contributed by atoms with Crippen molar-refractivity contribution in [1.82, 2.24) is 0 Å². The molecule has 1 aromatic rings. The van der Waals surface area contributed by atoms with Crippen LogP contribution < -0.4 is 4.74 Å². The van der Waals surface area contributed by atoms with Crippen LogP contribution in [0.3, 0.4) is 0 Å². The van der Waals surface area contributed by atoms with E-state index in [2.05, 4.69) is 12.1 Å². The quantitative estimate of drug-likeness (QED) is 0.806. The van der Waals surface area contributed by atoms with Gasteiger partial charge in [0, 0.05) is 0 Å². The Balaban J connectivity index is 2.49. The first-order valence-electron chi connectivity index (χ1n) is 5.51. The molecule has 0 aliphatic rings. The molecule has 0 bridgehead atoms. The molecule has 15 heavy (non-hydrogen) atoms. The first kappa shape index (κ1) is 12.1. The molecule has 0 aliphatic heterocycles. The van der Waals surface area contributed by atoms with Gasteiger partial charge in [0.1, 0.15) is 5.75 Å². The molecule has 0 saturated heterocycles. The van der Waals surface area contributed by atoms with Crippen molar-refractivity contribution in [3.05, 3.63) is 29.8 Å². The topological polar surface area (TPSA) is 29.5 Å². The highest BCUT2D eigenvalue weighted by molar-refractivity contribution is 5.27. The van der Waals surface area contributed by atoms with Crippen LogP contribution in [0.15, 0.2) is 24.3 Å². The van der Waals surface area contributed by atoms with Gasteiger partial charge in [0.25, 0.3) is 0 Å². The SMILES string of the molecule is CC(C)Oc1ccc(CC[C@@H](C)O)cc1. The largest absolute Gasteiger partial charge is 0.491 e. The minimum Gasteiger partial charge on any atom is -0.491 e. The first-order valence-corrected chi connectivity index (χ1v) is 5.51. The number of benzene rings is 1. The van der Waals surface area contributed by atoms with Gasteiger partial charge in [-0.2, -0.15) is 0 Å². The Hall–Kier alpha value is -1.02. The second kappa shape index (κ2) is 5.76. The molecule has 0 aliphatic carbocycles. The van der Waals surface area contributed by atoms with Gasteiger partial charge in [-0.15, -0.1) is 0 Å². The monoisotopic (exact) mass is 208 g/mol. The fourth-order valence-corrected chi connectivity index (χ4v) is 1.38. The van der Waals surface area contributed by atoms with Gasteiger partial charge in [-0.25, -0.2) is 0 Å². The highest BCUT2D eigenvalue weighted by Crippen LogP contribution is 2.15. The fraction of sp³-hybridized carbons (Fsp3) is 0.538. The molecule has 0 aromatic heterocycles. The van der Waals surface area contributed by atoms with Crippen LogP contribution in [0.2, 0.25) is 0 Å². The molecular formula is C13H20O2. The molecule has 0 saturated carbocycles. The predicted octanol–water partition coefficient (Wildman–Crippen LogP) is 2.79. The van der Waals surface area contributed by atoms with Crippen LogP contribution in [0.5, 0.6) is 5.75 Å². The van der Waals surface area contributed by atoms with Gasteiger partial charge in [0.15, 0.2) is 0 Å². The van der Waals surface area contributed by atoms with Crippen LogP contribution >= 0.6 is 0 Å². The molecule has 0 spiro atoms. The van der Waals surface area contributed by atoms with E-state index in [1.54, 1.807) is 0 Å². The molecule has 0 unspecified atom stereocenters. The highest BCUT2D eigenvalue weighted by Gasteiger charge is 2.00. The summed E-state index contributed by atoms with van der Waals surface area (Å²) in [5.74, 6) is 0.908. The Kier molecular flexibility index (Phi) is 4.63. The van der Waals surface area contributed by atoms with Crippen molar-refractivity contribution in [1.29, 1.82) is 0 Å². The summed E-state index contributed by atoms with van der Waals surface area (Å²) in [4.78, 5) is 0. The van der Waals surface area contributed by atoms with Gasteiger partial charge in [-0.05, 0) is 51.3 Å². The number of hydrogen-bond acceptors (Lipinski definition) is 2. The lowest BCUT2D eigenvalue weighted by Crippen LogP contribution is -2.05. The van der Waals surface area contributed by atoms with E-state index in [0.29, 0.717) is 0 Å². The Labute approximate surface area is 91.9 Å². The molecule has 84 valence electrons. The lowest BCUT2D eigenvalue weighted by atomic mass is 10.1. The molecular weight excluding hydrogens is 188 g/mol. The van der Waals surface area contributed by atoms with Crippen LogP contribution in [-0.2, 0) is 6.42 Å². The van der Waals surface area contributed by atoms with Gasteiger partial charge < -0.3 is 9.84 Å². The highest BCUT2D eigenvalue weighted by atomic mass is 16.5. The minimum atomic E-state index is -0.225. The Morgan fingerprint density at radius 1 is 1.13 bits per heavy atom. The molecule has 0 fully saturated rings. The maximum Gasteiger partial charge on any atom is 0.119 e. The van der Waals surface area contributed by atoms with E-state index in [-0.39, 0.29) is 12.2 Å². The van der Waals surface area contributed by atoms with Gasteiger partial charge in [0.2, 0.25) is 0 Å². The summed E-state index contributed by atoms with van der Waals surface area (Å²) in [6, 6.07) is 8.08. The molecule has 0 heterocycles. The molecule has 1 aromatic carbocycles. The van der Waals surface area contributed by atoms with Crippen LogP contribution in [0.25, 0.3) is 0 Å². The third kappa shape index (κ3) is 4.84. The number of hydrogen-bond donors (Lipinski definition) is 1. The van der Waals surface area contributed by atoms with Crippen molar-refractivity contribution >= 4 is 0 Å². The molecule has 0 radical (unpaired) electrons. The molecule has 0 amide bonds. The van der Waals surface area contributed by atoms with Crippen molar-refractivity contribution < 1.29 is 9.84 Å². The summed E-state index contributed by atoms with van der Waals surface area (Å²) in [6.07, 6.45) is 1.72. The van der Waals surface area contributed by atoms with Crippen LogP contribution in [0.4, 0.5) is 0 Å². The Morgan fingerprint density at radius 3 is 2.20 bits per heavy atom. The smallest absolute Gasteiger partial charge is 0.119 e. The van der Waals surface area contributed by atoms with Gasteiger partial charge in [-0.3, -0.25) is 0 Å². The maximum absolute atomic E-state index is 9.16. The normalized spacial score (nSPS) is 12.9. The Morgan fingerprint density at radius 2 is 1.73 bits per heavy atom. The third-order valence-corrected chi connectivity index (χ3v) is 2.15. The van der Waals surface area contributed by atoms with E-state index in [1.807, 2.05) is 32.9 Å². The van der Waals surface area contributed by atoms with Crippen LogP contribution in [-0.4, -0.2) is 17.3 Å². The van der Waals surface area contributed by atoms with Crippen molar-refractivity contribution in [3.63, 3.8) is 0 Å². The van der Waals surface area contributed by atoms with Gasteiger partial charge in [-0.1, -0.05) is 12.1 Å². The zero-order chi connectivity index (χ0) is 11.3. The average molecular weight is 208 g/mol. The Bertz CT molecular complexity index is 275. The van der Waals surface area contributed by atoms with E-state index < -0.39 is 0 Å². The van der Waals surface area contributed by atoms with Crippen molar-refractivity contribution in [2.75, 3.05) is 0 Å². The number of aliphatic hydroxyl groups excluding tert-OH is 1.